The van der Waals surface area contributed by atoms with Crippen molar-refractivity contribution in [2.75, 3.05) is 19.8 Å². The van der Waals surface area contributed by atoms with Gasteiger partial charge < -0.3 is 10.1 Å². The van der Waals surface area contributed by atoms with Gasteiger partial charge in [-0.25, -0.2) is 0 Å². The highest BCUT2D eigenvalue weighted by molar-refractivity contribution is 5.18. The van der Waals surface area contributed by atoms with E-state index in [1.54, 1.807) is 0 Å². The Balaban J connectivity index is 2.07. The largest absolute Gasteiger partial charge is 0.378 e. The number of nitrogens with one attached hydrogen (secondary N) is 1. The summed E-state index contributed by atoms with van der Waals surface area (Å²) in [4.78, 5) is 0. The molecule has 1 atom stereocenters. The number of hydrogen-bond donors (Lipinski definition) is 1. The summed E-state index contributed by atoms with van der Waals surface area (Å²) in [5.74, 6) is 0. The second kappa shape index (κ2) is 4.77. The van der Waals surface area contributed by atoms with Gasteiger partial charge in [-0.1, -0.05) is 37.3 Å². The SMILES string of the molecule is CCC1(Cc2ccccc2)COCCN1. The van der Waals surface area contributed by atoms with Crippen LogP contribution in [0.2, 0.25) is 0 Å². The lowest BCUT2D eigenvalue weighted by Gasteiger charge is -2.37. The second-order valence-electron chi connectivity index (χ2n) is 4.28. The van der Waals surface area contributed by atoms with E-state index < -0.39 is 0 Å². The minimum absolute atomic E-state index is 0.152. The fourth-order valence-electron chi connectivity index (χ4n) is 2.16. The van der Waals surface area contributed by atoms with Crippen molar-refractivity contribution in [2.24, 2.45) is 0 Å². The van der Waals surface area contributed by atoms with E-state index >= 15 is 0 Å². The van der Waals surface area contributed by atoms with E-state index in [1.807, 2.05) is 0 Å². The molecular weight excluding hydrogens is 186 g/mol. The lowest BCUT2D eigenvalue weighted by Crippen LogP contribution is -2.55. The number of morpholine rings is 1. The van der Waals surface area contributed by atoms with Crippen LogP contribution in [0.1, 0.15) is 18.9 Å². The van der Waals surface area contributed by atoms with Crippen molar-refractivity contribution in [1.82, 2.24) is 5.32 Å². The molecular formula is C13H19NO. The Morgan fingerprint density at radius 1 is 1.33 bits per heavy atom. The quantitative estimate of drug-likeness (QED) is 0.815. The first-order chi connectivity index (χ1) is 7.35. The predicted octanol–water partition coefficient (Wildman–Crippen LogP) is 2.00. The summed E-state index contributed by atoms with van der Waals surface area (Å²) in [5, 5.41) is 3.61. The molecule has 2 nitrogen and oxygen atoms in total. The van der Waals surface area contributed by atoms with Crippen molar-refractivity contribution in [2.45, 2.75) is 25.3 Å². The van der Waals surface area contributed by atoms with Crippen LogP contribution in [0.25, 0.3) is 0 Å². The Labute approximate surface area is 91.6 Å². The van der Waals surface area contributed by atoms with Crippen molar-refractivity contribution in [3.8, 4) is 0 Å². The third-order valence-corrected chi connectivity index (χ3v) is 3.19. The zero-order chi connectivity index (χ0) is 10.6. The van der Waals surface area contributed by atoms with Crippen molar-refractivity contribution >= 4 is 0 Å². The smallest absolute Gasteiger partial charge is 0.0652 e. The standard InChI is InChI=1S/C13H19NO/c1-2-13(11-15-9-8-14-13)10-12-6-4-3-5-7-12/h3-7,14H,2,8-11H2,1H3. The number of hydrogen-bond acceptors (Lipinski definition) is 2. The molecule has 2 heteroatoms. The average molecular weight is 205 g/mol. The highest BCUT2D eigenvalue weighted by atomic mass is 16.5. The molecule has 1 saturated heterocycles. The highest BCUT2D eigenvalue weighted by Gasteiger charge is 2.30. The van der Waals surface area contributed by atoms with Crippen molar-refractivity contribution in [3.05, 3.63) is 35.9 Å². The van der Waals surface area contributed by atoms with E-state index in [0.29, 0.717) is 0 Å². The summed E-state index contributed by atoms with van der Waals surface area (Å²) in [6, 6.07) is 10.6. The van der Waals surface area contributed by atoms with Gasteiger partial charge in [0.2, 0.25) is 0 Å². The van der Waals surface area contributed by atoms with Crippen LogP contribution in [0.4, 0.5) is 0 Å². The summed E-state index contributed by atoms with van der Waals surface area (Å²) in [6.07, 6.45) is 2.17. The van der Waals surface area contributed by atoms with Crippen LogP contribution in [0, 0.1) is 0 Å². The van der Waals surface area contributed by atoms with E-state index in [9.17, 15) is 0 Å². The van der Waals surface area contributed by atoms with E-state index in [2.05, 4.69) is 42.6 Å². The first kappa shape index (κ1) is 10.7. The summed E-state index contributed by atoms with van der Waals surface area (Å²) in [5.41, 5.74) is 1.54. The third kappa shape index (κ3) is 2.58. The molecule has 0 radical (unpaired) electrons. The molecule has 0 aliphatic carbocycles. The lowest BCUT2D eigenvalue weighted by atomic mass is 9.88. The van der Waals surface area contributed by atoms with Gasteiger partial charge in [-0.15, -0.1) is 0 Å². The van der Waals surface area contributed by atoms with Crippen molar-refractivity contribution < 1.29 is 4.74 Å². The average Bonchev–Trinajstić information content (AvgIpc) is 2.32. The molecule has 82 valence electrons. The highest BCUT2D eigenvalue weighted by Crippen LogP contribution is 2.20. The Morgan fingerprint density at radius 2 is 2.13 bits per heavy atom. The van der Waals surface area contributed by atoms with Crippen LogP contribution >= 0.6 is 0 Å². The van der Waals surface area contributed by atoms with Gasteiger partial charge in [0.05, 0.1) is 13.2 Å². The van der Waals surface area contributed by atoms with Crippen molar-refractivity contribution in [3.63, 3.8) is 0 Å². The molecule has 15 heavy (non-hydrogen) atoms. The van der Waals surface area contributed by atoms with E-state index in [-0.39, 0.29) is 5.54 Å². The maximum Gasteiger partial charge on any atom is 0.0652 e. The minimum atomic E-state index is 0.152. The van der Waals surface area contributed by atoms with Crippen molar-refractivity contribution in [1.29, 1.82) is 0 Å². The van der Waals surface area contributed by atoms with E-state index in [4.69, 9.17) is 4.74 Å². The van der Waals surface area contributed by atoms with Crippen LogP contribution in [-0.4, -0.2) is 25.3 Å². The molecule has 0 spiro atoms. The molecule has 1 N–H and O–H groups in total. The molecule has 1 unspecified atom stereocenters. The third-order valence-electron chi connectivity index (χ3n) is 3.19. The predicted molar refractivity (Wildman–Crippen MR) is 62.0 cm³/mol. The van der Waals surface area contributed by atoms with Crippen LogP contribution in [-0.2, 0) is 11.2 Å². The van der Waals surface area contributed by atoms with Crippen LogP contribution in [0.3, 0.4) is 0 Å². The number of ether oxygens (including phenoxy) is 1. The molecule has 1 aliphatic rings. The van der Waals surface area contributed by atoms with Gasteiger partial charge in [0, 0.05) is 12.1 Å². The van der Waals surface area contributed by atoms with E-state index in [0.717, 1.165) is 32.6 Å². The maximum absolute atomic E-state index is 5.59. The monoisotopic (exact) mass is 205 g/mol. The van der Waals surface area contributed by atoms with Gasteiger partial charge in [-0.05, 0) is 18.4 Å². The molecule has 0 bridgehead atoms. The molecule has 0 saturated carbocycles. The van der Waals surface area contributed by atoms with Gasteiger partial charge in [-0.3, -0.25) is 0 Å². The Bertz CT molecular complexity index is 291. The first-order valence-electron chi connectivity index (χ1n) is 5.71. The molecule has 1 fully saturated rings. The molecule has 0 aromatic heterocycles. The van der Waals surface area contributed by atoms with Gasteiger partial charge in [0.25, 0.3) is 0 Å². The minimum Gasteiger partial charge on any atom is -0.378 e. The van der Waals surface area contributed by atoms with Gasteiger partial charge in [-0.2, -0.15) is 0 Å². The summed E-state index contributed by atoms with van der Waals surface area (Å²) in [6.45, 7) is 4.88. The number of benzene rings is 1. The number of rotatable bonds is 3. The zero-order valence-corrected chi connectivity index (χ0v) is 9.33. The fraction of sp³-hybridized carbons (Fsp3) is 0.538. The molecule has 2 rings (SSSR count). The summed E-state index contributed by atoms with van der Waals surface area (Å²) < 4.78 is 5.59. The molecule has 0 amide bonds. The summed E-state index contributed by atoms with van der Waals surface area (Å²) >= 11 is 0. The Morgan fingerprint density at radius 3 is 2.73 bits per heavy atom. The molecule has 1 aromatic rings. The maximum atomic E-state index is 5.59. The first-order valence-corrected chi connectivity index (χ1v) is 5.71. The van der Waals surface area contributed by atoms with E-state index in [1.165, 1.54) is 5.56 Å². The van der Waals surface area contributed by atoms with Crippen LogP contribution in [0.5, 0.6) is 0 Å². The molecule has 1 aromatic carbocycles. The topological polar surface area (TPSA) is 21.3 Å². The second-order valence-corrected chi connectivity index (χ2v) is 4.28. The molecule has 1 heterocycles. The van der Waals surface area contributed by atoms with Gasteiger partial charge >= 0.3 is 0 Å². The Hall–Kier alpha value is -0.860. The normalized spacial score (nSPS) is 26.5. The molecule has 1 aliphatic heterocycles. The van der Waals surface area contributed by atoms with Crippen LogP contribution in [0.15, 0.2) is 30.3 Å². The van der Waals surface area contributed by atoms with Gasteiger partial charge in [0.1, 0.15) is 0 Å². The zero-order valence-electron chi connectivity index (χ0n) is 9.33. The Kier molecular flexibility index (Phi) is 3.39. The summed E-state index contributed by atoms with van der Waals surface area (Å²) in [7, 11) is 0. The van der Waals surface area contributed by atoms with Gasteiger partial charge in [0.15, 0.2) is 0 Å². The van der Waals surface area contributed by atoms with Crippen LogP contribution < -0.4 is 5.32 Å². The fourth-order valence-corrected chi connectivity index (χ4v) is 2.16. The lowest BCUT2D eigenvalue weighted by molar-refractivity contribution is 0.0253.